The number of aliphatic hydroxyl groups is 2. The number of Topliss-reactive ketones (excluding diaryl/α,β-unsaturated/α-hetero) is 1. The molecular weight excluding hydrogens is 288 g/mol. The van der Waals surface area contributed by atoms with Gasteiger partial charge in [-0.25, -0.2) is 0 Å². The van der Waals surface area contributed by atoms with Gasteiger partial charge < -0.3 is 10.2 Å². The van der Waals surface area contributed by atoms with Gasteiger partial charge in [0.05, 0.1) is 12.2 Å². The first-order valence-electron chi connectivity index (χ1n) is 9.55. The van der Waals surface area contributed by atoms with Crippen molar-refractivity contribution in [2.75, 3.05) is 6.61 Å². The highest BCUT2D eigenvalue weighted by Crippen LogP contribution is 2.71. The van der Waals surface area contributed by atoms with Crippen molar-refractivity contribution in [3.63, 3.8) is 0 Å². The third kappa shape index (κ3) is 1.87. The Morgan fingerprint density at radius 3 is 2.57 bits per heavy atom. The van der Waals surface area contributed by atoms with Gasteiger partial charge in [0.1, 0.15) is 5.78 Å². The van der Waals surface area contributed by atoms with Crippen molar-refractivity contribution in [2.24, 2.45) is 34.0 Å². The normalized spacial score (nSPS) is 54.5. The van der Waals surface area contributed by atoms with E-state index in [9.17, 15) is 15.0 Å². The summed E-state index contributed by atoms with van der Waals surface area (Å²) in [7, 11) is 0. The average molecular weight is 320 g/mol. The number of hydrogen-bond donors (Lipinski definition) is 2. The van der Waals surface area contributed by atoms with Crippen molar-refractivity contribution < 1.29 is 15.0 Å². The van der Waals surface area contributed by atoms with Crippen LogP contribution in [0.25, 0.3) is 0 Å². The van der Waals surface area contributed by atoms with Gasteiger partial charge in [0.25, 0.3) is 0 Å². The Morgan fingerprint density at radius 2 is 1.87 bits per heavy atom. The molecule has 0 amide bonds. The first-order valence-corrected chi connectivity index (χ1v) is 9.55. The number of hydrogen-bond acceptors (Lipinski definition) is 3. The summed E-state index contributed by atoms with van der Waals surface area (Å²) in [6.07, 6.45) is 7.75. The molecule has 0 aromatic carbocycles. The molecule has 2 bridgehead atoms. The Bertz CT molecular complexity index is 541. The van der Waals surface area contributed by atoms with Crippen LogP contribution in [0.5, 0.6) is 0 Å². The molecule has 0 unspecified atom stereocenters. The van der Waals surface area contributed by atoms with Gasteiger partial charge in [-0.2, -0.15) is 0 Å². The Morgan fingerprint density at radius 1 is 1.13 bits per heavy atom. The fourth-order valence-corrected chi connectivity index (χ4v) is 7.71. The third-order valence-corrected chi connectivity index (χ3v) is 8.75. The molecule has 6 atom stereocenters. The van der Waals surface area contributed by atoms with Gasteiger partial charge in [-0.05, 0) is 67.1 Å². The van der Waals surface area contributed by atoms with Crippen molar-refractivity contribution in [2.45, 2.75) is 77.7 Å². The molecular formula is C20H32O3. The minimum Gasteiger partial charge on any atom is -0.393 e. The average Bonchev–Trinajstić information content (AvgIpc) is 2.71. The second-order valence-electron chi connectivity index (χ2n) is 10.2. The maximum atomic E-state index is 13.3. The Balaban J connectivity index is 1.78. The summed E-state index contributed by atoms with van der Waals surface area (Å²) in [5, 5.41) is 20.7. The maximum Gasteiger partial charge on any atom is 0.139 e. The van der Waals surface area contributed by atoms with E-state index in [0.29, 0.717) is 30.5 Å². The molecule has 0 aromatic heterocycles. The Kier molecular flexibility index (Phi) is 3.22. The molecule has 0 aromatic rings. The van der Waals surface area contributed by atoms with Crippen molar-refractivity contribution in [3.05, 3.63) is 0 Å². The molecule has 3 heteroatoms. The Labute approximate surface area is 139 Å². The minimum absolute atomic E-state index is 0.115. The van der Waals surface area contributed by atoms with Gasteiger partial charge in [-0.15, -0.1) is 0 Å². The molecule has 2 N–H and O–H groups in total. The molecule has 4 saturated carbocycles. The van der Waals surface area contributed by atoms with E-state index in [1.54, 1.807) is 0 Å². The highest BCUT2D eigenvalue weighted by Gasteiger charge is 2.70. The van der Waals surface area contributed by atoms with Gasteiger partial charge in [-0.3, -0.25) is 4.79 Å². The number of aliphatic hydroxyl groups excluding tert-OH is 1. The molecule has 0 radical (unpaired) electrons. The maximum absolute atomic E-state index is 13.3. The highest BCUT2D eigenvalue weighted by atomic mass is 16.3. The SMILES string of the molecule is CC1(C)CCC[C@]2(C)[C@@H]1CC(=O)[C@@]13C[C@@H](CC[C@@H]12)[C@@](O)(CO)C3. The fraction of sp³-hybridized carbons (Fsp3) is 0.950. The summed E-state index contributed by atoms with van der Waals surface area (Å²) in [6, 6.07) is 0. The van der Waals surface area contributed by atoms with Crippen LogP contribution in [0.4, 0.5) is 0 Å². The van der Waals surface area contributed by atoms with Gasteiger partial charge in [-0.1, -0.05) is 27.2 Å². The molecule has 0 saturated heterocycles. The number of ketones is 1. The minimum atomic E-state index is -1.02. The summed E-state index contributed by atoms with van der Waals surface area (Å²) >= 11 is 0. The van der Waals surface area contributed by atoms with E-state index in [1.165, 1.54) is 19.3 Å². The topological polar surface area (TPSA) is 57.5 Å². The second-order valence-corrected chi connectivity index (χ2v) is 10.2. The van der Waals surface area contributed by atoms with Gasteiger partial charge in [0, 0.05) is 11.8 Å². The number of fused-ring (bicyclic) bond motifs is 3. The first kappa shape index (κ1) is 16.1. The number of rotatable bonds is 1. The van der Waals surface area contributed by atoms with Crippen LogP contribution in [-0.4, -0.2) is 28.2 Å². The van der Waals surface area contributed by atoms with E-state index in [1.807, 2.05) is 0 Å². The molecule has 130 valence electrons. The van der Waals surface area contributed by atoms with E-state index in [2.05, 4.69) is 20.8 Å². The first-order chi connectivity index (χ1) is 10.7. The van der Waals surface area contributed by atoms with Crippen LogP contribution < -0.4 is 0 Å². The second kappa shape index (κ2) is 4.60. The molecule has 1 spiro atoms. The van der Waals surface area contributed by atoms with Crippen LogP contribution in [0, 0.1) is 34.0 Å². The van der Waals surface area contributed by atoms with Gasteiger partial charge in [0.15, 0.2) is 0 Å². The van der Waals surface area contributed by atoms with Crippen LogP contribution in [-0.2, 0) is 4.79 Å². The fourth-order valence-electron chi connectivity index (χ4n) is 7.71. The van der Waals surface area contributed by atoms with Crippen LogP contribution in [0.3, 0.4) is 0 Å². The third-order valence-electron chi connectivity index (χ3n) is 8.75. The van der Waals surface area contributed by atoms with Crippen LogP contribution in [0.15, 0.2) is 0 Å². The summed E-state index contributed by atoms with van der Waals surface area (Å²) in [5.41, 5.74) is -0.898. The smallest absolute Gasteiger partial charge is 0.139 e. The van der Waals surface area contributed by atoms with E-state index < -0.39 is 5.60 Å². The lowest BCUT2D eigenvalue weighted by molar-refractivity contribution is -0.170. The lowest BCUT2D eigenvalue weighted by atomic mass is 9.41. The van der Waals surface area contributed by atoms with Gasteiger partial charge >= 0.3 is 0 Å². The zero-order chi connectivity index (χ0) is 16.7. The number of carbonyl (C=O) groups excluding carboxylic acids is 1. The van der Waals surface area contributed by atoms with Crippen LogP contribution in [0.1, 0.15) is 72.1 Å². The molecule has 0 aliphatic heterocycles. The standard InChI is InChI=1S/C20H32O3/c1-17(2)7-4-8-18(3)14-6-5-13-10-19(14,11-20(13,23)12-21)16(22)9-15(17)18/h13-15,21,23H,4-12H2,1-3H3/t13-,14-,15-,18+,19-,20+/m1/s1. The van der Waals surface area contributed by atoms with E-state index >= 15 is 0 Å². The van der Waals surface area contributed by atoms with Crippen molar-refractivity contribution >= 4 is 5.78 Å². The molecule has 4 rings (SSSR count). The summed E-state index contributed by atoms with van der Waals surface area (Å²) in [6.45, 7) is 6.95. The summed E-state index contributed by atoms with van der Waals surface area (Å²) in [5.74, 6) is 1.39. The zero-order valence-electron chi connectivity index (χ0n) is 14.9. The molecule has 0 heterocycles. The molecule has 23 heavy (non-hydrogen) atoms. The quantitative estimate of drug-likeness (QED) is 0.779. The summed E-state index contributed by atoms with van der Waals surface area (Å²) < 4.78 is 0. The number of carbonyl (C=O) groups is 1. The van der Waals surface area contributed by atoms with Crippen molar-refractivity contribution in [1.29, 1.82) is 0 Å². The van der Waals surface area contributed by atoms with Crippen molar-refractivity contribution in [3.8, 4) is 0 Å². The molecule has 4 aliphatic rings. The van der Waals surface area contributed by atoms with Crippen LogP contribution >= 0.6 is 0 Å². The Hall–Kier alpha value is -0.410. The largest absolute Gasteiger partial charge is 0.393 e. The lowest BCUT2D eigenvalue weighted by Crippen LogP contribution is -2.59. The molecule has 3 nitrogen and oxygen atoms in total. The highest BCUT2D eigenvalue weighted by molar-refractivity contribution is 5.87. The molecule has 4 fully saturated rings. The predicted octanol–water partition coefficient (Wildman–Crippen LogP) is 3.32. The van der Waals surface area contributed by atoms with Crippen LogP contribution in [0.2, 0.25) is 0 Å². The van der Waals surface area contributed by atoms with E-state index in [4.69, 9.17) is 0 Å². The molecule has 4 aliphatic carbocycles. The van der Waals surface area contributed by atoms with Gasteiger partial charge in [0.2, 0.25) is 0 Å². The lowest BCUT2D eigenvalue weighted by Gasteiger charge is -2.62. The monoisotopic (exact) mass is 320 g/mol. The van der Waals surface area contributed by atoms with Crippen molar-refractivity contribution in [1.82, 2.24) is 0 Å². The predicted molar refractivity (Wildman–Crippen MR) is 88.8 cm³/mol. The zero-order valence-corrected chi connectivity index (χ0v) is 14.9. The van der Waals surface area contributed by atoms with E-state index in [-0.39, 0.29) is 28.8 Å². The van der Waals surface area contributed by atoms with E-state index in [0.717, 1.165) is 19.3 Å². The summed E-state index contributed by atoms with van der Waals surface area (Å²) in [4.78, 5) is 13.3.